The van der Waals surface area contributed by atoms with Gasteiger partial charge in [-0.15, -0.1) is 23.5 Å². The topological polar surface area (TPSA) is 0 Å². The molecule has 0 radical (unpaired) electrons. The lowest BCUT2D eigenvalue weighted by Gasteiger charge is -2.65. The van der Waals surface area contributed by atoms with E-state index < -0.39 is 0 Å². The van der Waals surface area contributed by atoms with Crippen molar-refractivity contribution in [1.82, 2.24) is 0 Å². The van der Waals surface area contributed by atoms with Crippen molar-refractivity contribution < 1.29 is 0 Å². The first-order chi connectivity index (χ1) is 13.3. The second kappa shape index (κ2) is 5.55. The fourth-order valence-corrected chi connectivity index (χ4v) is 13.6. The highest BCUT2D eigenvalue weighted by atomic mass is 32.2. The normalized spacial score (nSPS) is 39.7. The third-order valence-electron chi connectivity index (χ3n) is 8.23. The minimum atomic E-state index is 0.165. The maximum atomic E-state index is 2.48. The molecule has 0 N–H and O–H groups in total. The monoisotopic (exact) mass is 408 g/mol. The van der Waals surface area contributed by atoms with Crippen molar-refractivity contribution in [3.05, 3.63) is 59.7 Å². The Hall–Kier alpha value is -0.510. The number of rotatable bonds is 0. The van der Waals surface area contributed by atoms with Crippen molar-refractivity contribution >= 4 is 35.3 Å². The Balaban J connectivity index is 1.54. The maximum Gasteiger partial charge on any atom is 0.0839 e. The zero-order valence-electron chi connectivity index (χ0n) is 15.4. The fraction of sp³-hybridized carbons (Fsp3) is 0.500. The van der Waals surface area contributed by atoms with Crippen LogP contribution in [-0.2, 0) is 4.75 Å². The zero-order chi connectivity index (χ0) is 17.6. The first-order valence-corrected chi connectivity index (χ1v) is 13.2. The van der Waals surface area contributed by atoms with Crippen molar-refractivity contribution in [2.24, 2.45) is 23.7 Å². The van der Waals surface area contributed by atoms with Gasteiger partial charge in [0.15, 0.2) is 0 Å². The van der Waals surface area contributed by atoms with Gasteiger partial charge in [0.2, 0.25) is 0 Å². The van der Waals surface area contributed by atoms with Gasteiger partial charge in [-0.3, -0.25) is 0 Å². The lowest BCUT2D eigenvalue weighted by atomic mass is 9.47. The molecule has 0 unspecified atom stereocenters. The van der Waals surface area contributed by atoms with E-state index >= 15 is 0 Å². The number of hydrogen-bond donors (Lipinski definition) is 0. The molecular formula is C24H24S3. The van der Waals surface area contributed by atoms with Gasteiger partial charge in [0.05, 0.1) is 4.75 Å². The standard InChI is InChI=1S/C24H24S3/c1-3-7-21-19(5-1)24(20-6-2-4-8-22(20)27-21)23(25-14-26-24)17-10-15-9-16(12-17)13-18(23)11-15/h1-8,15-18H,9-14H2. The van der Waals surface area contributed by atoms with Gasteiger partial charge in [-0.1, -0.05) is 48.2 Å². The highest BCUT2D eigenvalue weighted by molar-refractivity contribution is 8.20. The molecule has 0 nitrogen and oxygen atoms in total. The van der Waals surface area contributed by atoms with E-state index in [1.807, 2.05) is 11.8 Å². The van der Waals surface area contributed by atoms with Crippen molar-refractivity contribution in [3.8, 4) is 0 Å². The lowest BCUT2D eigenvalue weighted by Crippen LogP contribution is -2.63. The molecule has 0 aromatic heterocycles. The summed E-state index contributed by atoms with van der Waals surface area (Å²) in [7, 11) is 0. The quantitative estimate of drug-likeness (QED) is 0.459. The number of hydrogen-bond acceptors (Lipinski definition) is 3. The fourth-order valence-electron chi connectivity index (χ4n) is 7.66. The van der Waals surface area contributed by atoms with E-state index in [1.165, 1.54) is 47.0 Å². The summed E-state index contributed by atoms with van der Waals surface area (Å²) in [6, 6.07) is 18.8. The summed E-state index contributed by atoms with van der Waals surface area (Å²) in [4.78, 5) is 3.03. The molecule has 2 aromatic rings. The van der Waals surface area contributed by atoms with Gasteiger partial charge < -0.3 is 0 Å². The molecule has 138 valence electrons. The van der Waals surface area contributed by atoms with Gasteiger partial charge in [-0.2, -0.15) is 0 Å². The Bertz CT molecular complexity index is 859. The van der Waals surface area contributed by atoms with E-state index in [1.54, 1.807) is 11.1 Å². The van der Waals surface area contributed by atoms with Crippen LogP contribution < -0.4 is 0 Å². The molecular weight excluding hydrogens is 384 g/mol. The minimum Gasteiger partial charge on any atom is -0.141 e. The first-order valence-electron chi connectivity index (χ1n) is 10.5. The summed E-state index contributed by atoms with van der Waals surface area (Å²) in [6.45, 7) is 0. The molecule has 3 heteroatoms. The number of fused-ring (bicyclic) bond motifs is 4. The van der Waals surface area contributed by atoms with E-state index in [9.17, 15) is 0 Å². The second-order valence-electron chi connectivity index (χ2n) is 9.28. The van der Waals surface area contributed by atoms with Crippen LogP contribution in [0.15, 0.2) is 58.3 Å². The zero-order valence-corrected chi connectivity index (χ0v) is 17.8. The Labute approximate surface area is 174 Å². The number of thioether (sulfide) groups is 2. The molecule has 2 aromatic carbocycles. The third kappa shape index (κ3) is 1.88. The predicted octanol–water partition coefficient (Wildman–Crippen LogP) is 7.03. The summed E-state index contributed by atoms with van der Waals surface area (Å²) in [6.07, 6.45) is 7.54. The largest absolute Gasteiger partial charge is 0.141 e. The molecule has 27 heavy (non-hydrogen) atoms. The summed E-state index contributed by atoms with van der Waals surface area (Å²) < 4.78 is 0.580. The van der Waals surface area contributed by atoms with Crippen molar-refractivity contribution in [2.45, 2.75) is 51.4 Å². The maximum absolute atomic E-state index is 2.48. The van der Waals surface area contributed by atoms with Gasteiger partial charge in [0.1, 0.15) is 0 Å². The van der Waals surface area contributed by atoms with Gasteiger partial charge in [-0.25, -0.2) is 0 Å². The van der Waals surface area contributed by atoms with Crippen LogP contribution in [0.1, 0.15) is 43.2 Å². The van der Waals surface area contributed by atoms with Crippen LogP contribution in [0.4, 0.5) is 0 Å². The highest BCUT2D eigenvalue weighted by Gasteiger charge is 2.70. The molecule has 8 rings (SSSR count). The van der Waals surface area contributed by atoms with Crippen LogP contribution in [0.3, 0.4) is 0 Å². The smallest absolute Gasteiger partial charge is 0.0839 e. The van der Waals surface area contributed by atoms with Crippen LogP contribution in [0.25, 0.3) is 0 Å². The first kappa shape index (κ1) is 16.3. The lowest BCUT2D eigenvalue weighted by molar-refractivity contribution is -0.0271. The van der Waals surface area contributed by atoms with Crippen LogP contribution in [-0.4, -0.2) is 9.83 Å². The SMILES string of the molecule is c1ccc2c(c1)Sc1ccccc1C21SCSC12C1CC3CC(C1)CC2C3. The molecule has 4 saturated carbocycles. The van der Waals surface area contributed by atoms with Gasteiger partial charge >= 0.3 is 0 Å². The van der Waals surface area contributed by atoms with Crippen LogP contribution in [0.2, 0.25) is 0 Å². The molecule has 6 aliphatic rings. The van der Waals surface area contributed by atoms with E-state index in [2.05, 4.69) is 72.1 Å². The molecule has 1 saturated heterocycles. The molecule has 2 aliphatic heterocycles. The van der Waals surface area contributed by atoms with Crippen LogP contribution >= 0.6 is 35.3 Å². The summed E-state index contributed by atoms with van der Waals surface area (Å²) in [5.41, 5.74) is 3.27. The van der Waals surface area contributed by atoms with E-state index in [-0.39, 0.29) is 4.75 Å². The highest BCUT2D eigenvalue weighted by Crippen LogP contribution is 2.77. The van der Waals surface area contributed by atoms with Crippen molar-refractivity contribution in [1.29, 1.82) is 0 Å². The summed E-state index contributed by atoms with van der Waals surface area (Å²) >= 11 is 6.65. The Morgan fingerprint density at radius 3 is 1.81 bits per heavy atom. The van der Waals surface area contributed by atoms with Crippen molar-refractivity contribution in [3.63, 3.8) is 0 Å². The third-order valence-corrected chi connectivity index (χ3v) is 13.1. The number of benzene rings is 2. The van der Waals surface area contributed by atoms with Gasteiger partial charge in [0, 0.05) is 19.6 Å². The average molecular weight is 409 g/mol. The van der Waals surface area contributed by atoms with Crippen molar-refractivity contribution in [2.75, 3.05) is 5.08 Å². The van der Waals surface area contributed by atoms with E-state index in [0.29, 0.717) is 4.75 Å². The second-order valence-corrected chi connectivity index (χ2v) is 13.2. The van der Waals surface area contributed by atoms with E-state index in [0.717, 1.165) is 23.7 Å². The Morgan fingerprint density at radius 2 is 1.22 bits per heavy atom. The molecule has 0 atom stereocenters. The molecule has 2 heterocycles. The van der Waals surface area contributed by atoms with E-state index in [4.69, 9.17) is 0 Å². The van der Waals surface area contributed by atoms with Gasteiger partial charge in [-0.05, 0) is 79.0 Å². The summed E-state index contributed by atoms with van der Waals surface area (Å²) in [5, 5.41) is 1.26. The minimum absolute atomic E-state index is 0.165. The summed E-state index contributed by atoms with van der Waals surface area (Å²) in [5.74, 6) is 3.89. The Kier molecular flexibility index (Phi) is 3.35. The molecule has 4 aliphatic carbocycles. The van der Waals surface area contributed by atoms with Gasteiger partial charge in [0.25, 0.3) is 0 Å². The molecule has 2 spiro atoms. The average Bonchev–Trinajstić information content (AvgIpc) is 3.07. The van der Waals surface area contributed by atoms with Crippen LogP contribution in [0, 0.1) is 23.7 Å². The molecule has 5 fully saturated rings. The Morgan fingerprint density at radius 1 is 0.667 bits per heavy atom. The predicted molar refractivity (Wildman–Crippen MR) is 118 cm³/mol. The molecule has 0 amide bonds. The molecule has 4 bridgehead atoms. The van der Waals surface area contributed by atoms with Crippen LogP contribution in [0.5, 0.6) is 0 Å².